The lowest BCUT2D eigenvalue weighted by molar-refractivity contribution is -0.117. The van der Waals surface area contributed by atoms with E-state index in [1.165, 1.54) is 0 Å². The molecule has 0 saturated heterocycles. The highest BCUT2D eigenvalue weighted by Gasteiger charge is 2.21. The van der Waals surface area contributed by atoms with Crippen LogP contribution in [0, 0.1) is 6.92 Å². The molecule has 0 bridgehead atoms. The highest BCUT2D eigenvalue weighted by atomic mass is 16.5. The van der Waals surface area contributed by atoms with E-state index in [9.17, 15) is 9.90 Å². The van der Waals surface area contributed by atoms with Crippen molar-refractivity contribution in [1.29, 1.82) is 0 Å². The molecule has 1 aromatic heterocycles. The summed E-state index contributed by atoms with van der Waals surface area (Å²) in [5.74, 6) is 0.735. The van der Waals surface area contributed by atoms with E-state index in [-0.39, 0.29) is 12.5 Å². The zero-order valence-electron chi connectivity index (χ0n) is 13.8. The van der Waals surface area contributed by atoms with Gasteiger partial charge >= 0.3 is 0 Å². The van der Waals surface area contributed by atoms with Gasteiger partial charge in [0.05, 0.1) is 6.61 Å². The third-order valence-corrected chi connectivity index (χ3v) is 3.69. The number of nitrogens with zero attached hydrogens (tertiary/aromatic N) is 1. The number of aliphatic hydroxyl groups is 1. The van der Waals surface area contributed by atoms with Gasteiger partial charge in [-0.2, -0.15) is 0 Å². The normalized spacial score (nSPS) is 11.8. The number of carbonyl (C=O) groups is 1. The molecule has 3 aromatic rings. The second-order valence-corrected chi connectivity index (χ2v) is 5.66. The van der Waals surface area contributed by atoms with Gasteiger partial charge in [-0.3, -0.25) is 4.79 Å². The van der Waals surface area contributed by atoms with Gasteiger partial charge in [0.1, 0.15) is 11.8 Å². The minimum Gasteiger partial charge on any atom is -0.392 e. The molecular weight excluding hydrogens is 318 g/mol. The summed E-state index contributed by atoms with van der Waals surface area (Å²) in [5.41, 5.74) is 2.32. The number of hydrogen-bond donors (Lipinski definition) is 3. The van der Waals surface area contributed by atoms with Crippen LogP contribution in [0.4, 0.5) is 11.5 Å². The molecule has 0 aliphatic carbocycles. The molecular formula is C19H19N3O3. The summed E-state index contributed by atoms with van der Waals surface area (Å²) >= 11 is 0. The van der Waals surface area contributed by atoms with Gasteiger partial charge in [0, 0.05) is 11.8 Å². The maximum Gasteiger partial charge on any atom is 0.252 e. The molecule has 3 rings (SSSR count). The zero-order valence-corrected chi connectivity index (χ0v) is 13.8. The van der Waals surface area contributed by atoms with Gasteiger partial charge in [0.15, 0.2) is 5.82 Å². The summed E-state index contributed by atoms with van der Waals surface area (Å²) in [7, 11) is 0. The average Bonchev–Trinajstić information content (AvgIpc) is 3.05. The van der Waals surface area contributed by atoms with Crippen molar-refractivity contribution >= 4 is 17.4 Å². The van der Waals surface area contributed by atoms with Crippen molar-refractivity contribution in [3.05, 3.63) is 77.6 Å². The summed E-state index contributed by atoms with van der Waals surface area (Å²) in [6.07, 6.45) is 0. The highest BCUT2D eigenvalue weighted by molar-refractivity contribution is 5.96. The largest absolute Gasteiger partial charge is 0.392 e. The number of benzene rings is 2. The first-order valence-electron chi connectivity index (χ1n) is 7.91. The molecule has 0 aliphatic rings. The van der Waals surface area contributed by atoms with Gasteiger partial charge in [-0.05, 0) is 30.2 Å². The summed E-state index contributed by atoms with van der Waals surface area (Å²) in [5, 5.41) is 19.1. The van der Waals surface area contributed by atoms with Crippen molar-refractivity contribution < 1.29 is 14.4 Å². The Kier molecular flexibility index (Phi) is 5.11. The lowest BCUT2D eigenvalue weighted by Gasteiger charge is -2.19. The Hall–Kier alpha value is -3.12. The highest BCUT2D eigenvalue weighted by Crippen LogP contribution is 2.22. The molecule has 2 aromatic carbocycles. The molecule has 0 radical (unpaired) electrons. The maximum absolute atomic E-state index is 12.8. The molecule has 0 unspecified atom stereocenters. The number of carbonyl (C=O) groups excluding carboxylic acids is 1. The molecule has 0 saturated carbocycles. The fourth-order valence-corrected chi connectivity index (χ4v) is 2.50. The standard InChI is InChI=1S/C19H19N3O3/c1-13-10-17(22-25-13)21-19(24)18(15-7-3-2-4-8-15)20-16-9-5-6-14(11-16)12-23/h2-11,18,20,23H,12H2,1H3,(H,21,22,24)/t18-/m1/s1. The summed E-state index contributed by atoms with van der Waals surface area (Å²) in [4.78, 5) is 12.8. The van der Waals surface area contributed by atoms with E-state index in [0.717, 1.165) is 16.8 Å². The summed E-state index contributed by atoms with van der Waals surface area (Å²) in [6, 6.07) is 17.7. The van der Waals surface area contributed by atoms with Crippen LogP contribution in [0.2, 0.25) is 0 Å². The second-order valence-electron chi connectivity index (χ2n) is 5.66. The van der Waals surface area contributed by atoms with Crippen molar-refractivity contribution in [3.8, 4) is 0 Å². The fourth-order valence-electron chi connectivity index (χ4n) is 2.50. The van der Waals surface area contributed by atoms with Crippen molar-refractivity contribution in [3.63, 3.8) is 0 Å². The Balaban J connectivity index is 1.85. The van der Waals surface area contributed by atoms with Gasteiger partial charge < -0.3 is 20.3 Å². The van der Waals surface area contributed by atoms with Crippen molar-refractivity contribution in [2.45, 2.75) is 19.6 Å². The van der Waals surface area contributed by atoms with Gasteiger partial charge in [-0.15, -0.1) is 0 Å². The summed E-state index contributed by atoms with van der Waals surface area (Å²) < 4.78 is 4.99. The first-order chi connectivity index (χ1) is 12.2. The van der Waals surface area contributed by atoms with Gasteiger partial charge in [0.25, 0.3) is 5.91 Å². The van der Waals surface area contributed by atoms with Crippen LogP contribution < -0.4 is 10.6 Å². The molecule has 6 nitrogen and oxygen atoms in total. The molecule has 0 fully saturated rings. The molecule has 25 heavy (non-hydrogen) atoms. The first kappa shape index (κ1) is 16.7. The molecule has 3 N–H and O–H groups in total. The van der Waals surface area contributed by atoms with Crippen LogP contribution in [-0.4, -0.2) is 16.2 Å². The lowest BCUT2D eigenvalue weighted by Crippen LogP contribution is -2.27. The van der Waals surface area contributed by atoms with Crippen LogP contribution >= 0.6 is 0 Å². The maximum atomic E-state index is 12.8. The molecule has 1 heterocycles. The zero-order chi connectivity index (χ0) is 17.6. The Morgan fingerprint density at radius 3 is 2.64 bits per heavy atom. The van der Waals surface area contributed by atoms with Crippen LogP contribution in [-0.2, 0) is 11.4 Å². The third kappa shape index (κ3) is 4.24. The molecule has 128 valence electrons. The van der Waals surface area contributed by atoms with E-state index in [0.29, 0.717) is 11.6 Å². The number of aryl methyl sites for hydroxylation is 1. The van der Waals surface area contributed by atoms with Crippen LogP contribution in [0.1, 0.15) is 22.9 Å². The van der Waals surface area contributed by atoms with Crippen LogP contribution in [0.3, 0.4) is 0 Å². The number of rotatable bonds is 6. The minimum atomic E-state index is -0.618. The van der Waals surface area contributed by atoms with E-state index in [2.05, 4.69) is 15.8 Å². The predicted molar refractivity (Wildman–Crippen MR) is 95.0 cm³/mol. The van der Waals surface area contributed by atoms with Crippen molar-refractivity contribution in [2.24, 2.45) is 0 Å². The molecule has 1 atom stereocenters. The SMILES string of the molecule is Cc1cc(NC(=O)[C@H](Nc2cccc(CO)c2)c2ccccc2)no1. The quantitative estimate of drug-likeness (QED) is 0.642. The van der Waals surface area contributed by atoms with Crippen molar-refractivity contribution in [2.75, 3.05) is 10.6 Å². The summed E-state index contributed by atoms with van der Waals surface area (Å²) in [6.45, 7) is 1.70. The van der Waals surface area contributed by atoms with Gasteiger partial charge in [0.2, 0.25) is 0 Å². The smallest absolute Gasteiger partial charge is 0.252 e. The predicted octanol–water partition coefficient (Wildman–Crippen LogP) is 3.27. The number of hydrogen-bond acceptors (Lipinski definition) is 5. The minimum absolute atomic E-state index is 0.0596. The lowest BCUT2D eigenvalue weighted by atomic mass is 10.1. The second kappa shape index (κ2) is 7.63. The Bertz CT molecular complexity index is 846. The van der Waals surface area contributed by atoms with Crippen LogP contribution in [0.5, 0.6) is 0 Å². The van der Waals surface area contributed by atoms with E-state index >= 15 is 0 Å². The average molecular weight is 337 g/mol. The van der Waals surface area contributed by atoms with E-state index in [1.807, 2.05) is 54.6 Å². The topological polar surface area (TPSA) is 87.4 Å². The van der Waals surface area contributed by atoms with Crippen LogP contribution in [0.25, 0.3) is 0 Å². The van der Waals surface area contributed by atoms with Crippen LogP contribution in [0.15, 0.2) is 65.2 Å². The van der Waals surface area contributed by atoms with Crippen molar-refractivity contribution in [1.82, 2.24) is 5.16 Å². The number of aromatic nitrogens is 1. The van der Waals surface area contributed by atoms with E-state index in [1.54, 1.807) is 13.0 Å². The number of anilines is 2. The van der Waals surface area contributed by atoms with E-state index < -0.39 is 6.04 Å². The van der Waals surface area contributed by atoms with Gasteiger partial charge in [-0.25, -0.2) is 0 Å². The molecule has 0 aliphatic heterocycles. The van der Waals surface area contributed by atoms with Gasteiger partial charge in [-0.1, -0.05) is 47.6 Å². The Morgan fingerprint density at radius 1 is 1.16 bits per heavy atom. The number of aliphatic hydroxyl groups excluding tert-OH is 1. The molecule has 0 spiro atoms. The molecule has 1 amide bonds. The Morgan fingerprint density at radius 2 is 1.96 bits per heavy atom. The molecule has 6 heteroatoms. The number of nitrogens with one attached hydrogen (secondary N) is 2. The first-order valence-corrected chi connectivity index (χ1v) is 7.91. The Labute approximate surface area is 145 Å². The fraction of sp³-hybridized carbons (Fsp3) is 0.158. The van der Waals surface area contributed by atoms with E-state index in [4.69, 9.17) is 4.52 Å². The number of amides is 1. The monoisotopic (exact) mass is 337 g/mol. The third-order valence-electron chi connectivity index (χ3n) is 3.69.